The third kappa shape index (κ3) is 4.46. The van der Waals surface area contributed by atoms with Crippen molar-refractivity contribution in [1.82, 2.24) is 5.32 Å². The molecule has 0 saturated carbocycles. The van der Waals surface area contributed by atoms with Crippen LogP contribution in [0.5, 0.6) is 11.5 Å². The second-order valence-corrected chi connectivity index (χ2v) is 5.91. The van der Waals surface area contributed by atoms with Crippen molar-refractivity contribution in [1.29, 1.82) is 0 Å². The van der Waals surface area contributed by atoms with E-state index in [1.807, 2.05) is 6.07 Å². The maximum absolute atomic E-state index is 12.0. The second kappa shape index (κ2) is 7.13. The van der Waals surface area contributed by atoms with Crippen LogP contribution in [-0.4, -0.2) is 37.4 Å². The standard InChI is InChI=1S/C14H16F3NO3S/c1-20-11-4-2-3-9-7-10(8-21-12(9)11)13(19)18-5-6-22-14(15,16)17/h2-4,10H,5-8H2,1H3,(H,18,19)/t10-/m1/s1. The van der Waals surface area contributed by atoms with Gasteiger partial charge < -0.3 is 14.8 Å². The molecule has 4 nitrogen and oxygen atoms in total. The lowest BCUT2D eigenvalue weighted by atomic mass is 9.95. The molecule has 1 aliphatic heterocycles. The van der Waals surface area contributed by atoms with Gasteiger partial charge in [0.25, 0.3) is 0 Å². The van der Waals surface area contributed by atoms with Crippen LogP contribution in [0.15, 0.2) is 18.2 Å². The zero-order chi connectivity index (χ0) is 16.2. The van der Waals surface area contributed by atoms with Gasteiger partial charge in [-0.25, -0.2) is 0 Å². The number of carbonyl (C=O) groups excluding carboxylic acids is 1. The van der Waals surface area contributed by atoms with E-state index < -0.39 is 11.4 Å². The first-order valence-corrected chi connectivity index (χ1v) is 7.66. The Morgan fingerprint density at radius 2 is 2.27 bits per heavy atom. The number of methoxy groups -OCH3 is 1. The van der Waals surface area contributed by atoms with E-state index in [4.69, 9.17) is 9.47 Å². The van der Waals surface area contributed by atoms with Crippen LogP contribution >= 0.6 is 11.8 Å². The van der Waals surface area contributed by atoms with E-state index in [0.29, 0.717) is 17.9 Å². The van der Waals surface area contributed by atoms with Gasteiger partial charge in [0.05, 0.1) is 13.0 Å². The summed E-state index contributed by atoms with van der Waals surface area (Å²) in [7, 11) is 1.54. The van der Waals surface area contributed by atoms with Crippen LogP contribution in [0.3, 0.4) is 0 Å². The van der Waals surface area contributed by atoms with Crippen molar-refractivity contribution in [3.63, 3.8) is 0 Å². The van der Waals surface area contributed by atoms with E-state index in [9.17, 15) is 18.0 Å². The molecule has 0 aliphatic carbocycles. The molecule has 22 heavy (non-hydrogen) atoms. The second-order valence-electron chi connectivity index (χ2n) is 4.75. The Labute approximate surface area is 130 Å². The molecule has 0 bridgehead atoms. The molecule has 1 heterocycles. The summed E-state index contributed by atoms with van der Waals surface area (Å²) in [6.45, 7) is 0.163. The zero-order valence-electron chi connectivity index (χ0n) is 11.9. The molecule has 8 heteroatoms. The molecule has 0 fully saturated rings. The quantitative estimate of drug-likeness (QED) is 0.841. The average molecular weight is 335 g/mol. The SMILES string of the molecule is COc1cccc2c1OC[C@H](C(=O)NCCSC(F)(F)F)C2. The summed E-state index contributed by atoms with van der Waals surface area (Å²) in [6.07, 6.45) is 0.477. The van der Waals surface area contributed by atoms with Gasteiger partial charge in [-0.05, 0) is 29.8 Å². The van der Waals surface area contributed by atoms with Crippen LogP contribution in [0, 0.1) is 5.92 Å². The fraction of sp³-hybridized carbons (Fsp3) is 0.500. The number of rotatable bonds is 5. The van der Waals surface area contributed by atoms with Crippen molar-refractivity contribution in [2.75, 3.05) is 26.0 Å². The van der Waals surface area contributed by atoms with Gasteiger partial charge in [-0.3, -0.25) is 4.79 Å². The van der Waals surface area contributed by atoms with E-state index >= 15 is 0 Å². The fourth-order valence-electron chi connectivity index (χ4n) is 2.21. The van der Waals surface area contributed by atoms with Gasteiger partial charge in [0.2, 0.25) is 5.91 Å². The van der Waals surface area contributed by atoms with Crippen LogP contribution in [-0.2, 0) is 11.2 Å². The normalized spacial score (nSPS) is 17.4. The van der Waals surface area contributed by atoms with Crippen LogP contribution in [0.1, 0.15) is 5.56 Å². The van der Waals surface area contributed by atoms with Gasteiger partial charge in [0.1, 0.15) is 6.61 Å². The topological polar surface area (TPSA) is 47.6 Å². The number of nitrogens with one attached hydrogen (secondary N) is 1. The third-order valence-electron chi connectivity index (χ3n) is 3.21. The number of carbonyl (C=O) groups is 1. The minimum atomic E-state index is -4.27. The Hall–Kier alpha value is -1.57. The highest BCUT2D eigenvalue weighted by molar-refractivity contribution is 8.00. The number of para-hydroxylation sites is 1. The molecular weight excluding hydrogens is 319 g/mol. The highest BCUT2D eigenvalue weighted by Gasteiger charge is 2.29. The number of fused-ring (bicyclic) bond motifs is 1. The lowest BCUT2D eigenvalue weighted by Crippen LogP contribution is -2.38. The molecule has 0 saturated heterocycles. The molecule has 1 atom stereocenters. The highest BCUT2D eigenvalue weighted by Crippen LogP contribution is 2.36. The number of hydrogen-bond acceptors (Lipinski definition) is 4. The van der Waals surface area contributed by atoms with E-state index in [2.05, 4.69) is 5.32 Å². The average Bonchev–Trinajstić information content (AvgIpc) is 2.49. The number of benzene rings is 1. The summed E-state index contributed by atoms with van der Waals surface area (Å²) in [4.78, 5) is 12.0. The molecular formula is C14H16F3NO3S. The van der Waals surface area contributed by atoms with Gasteiger partial charge in [0.15, 0.2) is 11.5 Å². The molecule has 1 aromatic rings. The van der Waals surface area contributed by atoms with E-state index in [1.54, 1.807) is 12.1 Å². The fourth-order valence-corrected chi connectivity index (χ4v) is 2.64. The summed E-state index contributed by atoms with van der Waals surface area (Å²) in [5, 5.41) is 2.51. The van der Waals surface area contributed by atoms with Crippen molar-refractivity contribution in [2.24, 2.45) is 5.92 Å². The minimum Gasteiger partial charge on any atom is -0.493 e. The van der Waals surface area contributed by atoms with Crippen LogP contribution in [0.25, 0.3) is 0 Å². The smallest absolute Gasteiger partial charge is 0.441 e. The lowest BCUT2D eigenvalue weighted by Gasteiger charge is -2.25. The van der Waals surface area contributed by atoms with Crippen molar-refractivity contribution in [2.45, 2.75) is 11.9 Å². The molecule has 0 aromatic heterocycles. The van der Waals surface area contributed by atoms with Gasteiger partial charge >= 0.3 is 5.51 Å². The number of halogens is 3. The van der Waals surface area contributed by atoms with Crippen molar-refractivity contribution < 1.29 is 27.4 Å². The number of thioether (sulfide) groups is 1. The van der Waals surface area contributed by atoms with Gasteiger partial charge in [0, 0.05) is 12.3 Å². The Balaban J connectivity index is 1.85. The first kappa shape index (κ1) is 16.8. The number of hydrogen-bond donors (Lipinski definition) is 1. The van der Waals surface area contributed by atoms with Gasteiger partial charge in [-0.15, -0.1) is 0 Å². The highest BCUT2D eigenvalue weighted by atomic mass is 32.2. The minimum absolute atomic E-state index is 0.0233. The molecule has 2 rings (SSSR count). The van der Waals surface area contributed by atoms with E-state index in [1.165, 1.54) is 7.11 Å². The lowest BCUT2D eigenvalue weighted by molar-refractivity contribution is -0.126. The summed E-state index contributed by atoms with van der Waals surface area (Å²) >= 11 is -0.147. The van der Waals surface area contributed by atoms with Crippen molar-refractivity contribution in [3.05, 3.63) is 23.8 Å². The molecule has 0 radical (unpaired) electrons. The van der Waals surface area contributed by atoms with Crippen LogP contribution < -0.4 is 14.8 Å². The molecule has 1 amide bonds. The van der Waals surface area contributed by atoms with Crippen LogP contribution in [0.2, 0.25) is 0 Å². The Kier molecular flexibility index (Phi) is 5.44. The summed E-state index contributed by atoms with van der Waals surface area (Å²) in [5.41, 5.74) is -3.41. The molecule has 0 spiro atoms. The zero-order valence-corrected chi connectivity index (χ0v) is 12.7. The maximum atomic E-state index is 12.0. The molecule has 1 aliphatic rings. The van der Waals surface area contributed by atoms with Crippen molar-refractivity contribution in [3.8, 4) is 11.5 Å². The number of alkyl halides is 3. The first-order chi connectivity index (χ1) is 10.4. The first-order valence-electron chi connectivity index (χ1n) is 6.68. The molecule has 1 aromatic carbocycles. The summed E-state index contributed by atoms with van der Waals surface area (Å²) in [6, 6.07) is 5.42. The van der Waals surface area contributed by atoms with Gasteiger partial charge in [-0.2, -0.15) is 13.2 Å². The van der Waals surface area contributed by atoms with E-state index in [0.717, 1.165) is 5.56 Å². The van der Waals surface area contributed by atoms with Gasteiger partial charge in [-0.1, -0.05) is 12.1 Å². The molecule has 0 unspecified atom stereocenters. The monoisotopic (exact) mass is 335 g/mol. The maximum Gasteiger partial charge on any atom is 0.441 e. The molecule has 1 N–H and O–H groups in total. The third-order valence-corrected chi connectivity index (χ3v) is 3.95. The Morgan fingerprint density at radius 3 is 2.95 bits per heavy atom. The largest absolute Gasteiger partial charge is 0.493 e. The van der Waals surface area contributed by atoms with Crippen LogP contribution in [0.4, 0.5) is 13.2 Å². The van der Waals surface area contributed by atoms with Crippen molar-refractivity contribution >= 4 is 17.7 Å². The molecule has 122 valence electrons. The Bertz CT molecular complexity index is 537. The Morgan fingerprint density at radius 1 is 1.50 bits per heavy atom. The summed E-state index contributed by atoms with van der Waals surface area (Å²) in [5.74, 6) is 0.332. The van der Waals surface area contributed by atoms with E-state index in [-0.39, 0.29) is 36.6 Å². The number of amides is 1. The summed E-state index contributed by atoms with van der Waals surface area (Å²) < 4.78 is 46.7. The predicted molar refractivity (Wildman–Crippen MR) is 77.2 cm³/mol. The number of ether oxygens (including phenoxy) is 2. The predicted octanol–water partition coefficient (Wildman–Crippen LogP) is 2.62.